The number of rotatable bonds is 8. The summed E-state index contributed by atoms with van der Waals surface area (Å²) in [4.78, 5) is 17.3. The lowest BCUT2D eigenvalue weighted by Gasteiger charge is -2.47. The zero-order chi connectivity index (χ0) is 29.5. The molecule has 0 saturated heterocycles. The number of anilines is 1. The Labute approximate surface area is 252 Å². The summed E-state index contributed by atoms with van der Waals surface area (Å²) in [6, 6.07) is 14.4. The molecule has 0 unspecified atom stereocenters. The van der Waals surface area contributed by atoms with Gasteiger partial charge < -0.3 is 15.2 Å². The van der Waals surface area contributed by atoms with Gasteiger partial charge in [0.25, 0.3) is 0 Å². The van der Waals surface area contributed by atoms with Crippen LogP contribution in [-0.2, 0) is 23.1 Å². The topological polar surface area (TPSA) is 71.5 Å². The number of carboxylic acid groups (broad SMARTS) is 1. The largest absolute Gasteiger partial charge is 0.493 e. The predicted octanol–water partition coefficient (Wildman–Crippen LogP) is 8.34. The maximum absolute atomic E-state index is 14.4. The van der Waals surface area contributed by atoms with Gasteiger partial charge in [0.1, 0.15) is 17.1 Å². The van der Waals surface area contributed by atoms with E-state index >= 15 is 0 Å². The number of benzene rings is 2. The maximum Gasteiger partial charge on any atom is 0.329 e. The van der Waals surface area contributed by atoms with Crippen LogP contribution in [0.3, 0.4) is 0 Å². The van der Waals surface area contributed by atoms with Gasteiger partial charge in [-0.15, -0.1) is 0 Å². The molecule has 222 valence electrons. The van der Waals surface area contributed by atoms with Gasteiger partial charge >= 0.3 is 5.97 Å². The number of hydrogen-bond acceptors (Lipinski definition) is 4. The van der Waals surface area contributed by atoms with Crippen LogP contribution in [0.5, 0.6) is 5.75 Å². The van der Waals surface area contributed by atoms with E-state index in [1.807, 2.05) is 30.5 Å². The van der Waals surface area contributed by atoms with E-state index < -0.39 is 11.5 Å². The van der Waals surface area contributed by atoms with Crippen molar-refractivity contribution in [2.24, 2.45) is 11.8 Å². The summed E-state index contributed by atoms with van der Waals surface area (Å²) in [6.07, 6.45) is 9.35. The van der Waals surface area contributed by atoms with Gasteiger partial charge in [-0.1, -0.05) is 37.6 Å². The Hall–Kier alpha value is -3.12. The molecule has 1 spiro atoms. The minimum absolute atomic E-state index is 0.184. The number of pyridine rings is 1. The Morgan fingerprint density at radius 1 is 1.19 bits per heavy atom. The molecular weight excluding hydrogens is 551 g/mol. The molecule has 6 rings (SSSR count). The second kappa shape index (κ2) is 11.5. The number of aryl methyl sites for hydroxylation is 1. The zero-order valence-corrected chi connectivity index (χ0v) is 25.2. The van der Waals surface area contributed by atoms with Gasteiger partial charge in [0.2, 0.25) is 0 Å². The molecule has 3 aliphatic carbocycles. The molecule has 7 heteroatoms. The Morgan fingerprint density at radius 2 is 2.00 bits per heavy atom. The number of carboxylic acids is 1. The van der Waals surface area contributed by atoms with Crippen molar-refractivity contribution in [2.75, 3.05) is 11.9 Å². The lowest BCUT2D eigenvalue weighted by Crippen LogP contribution is -2.53. The van der Waals surface area contributed by atoms with Gasteiger partial charge in [-0.25, -0.2) is 9.18 Å². The highest BCUT2D eigenvalue weighted by Gasteiger charge is 2.54. The van der Waals surface area contributed by atoms with Crippen molar-refractivity contribution in [3.8, 4) is 5.75 Å². The smallest absolute Gasteiger partial charge is 0.329 e. The molecule has 5 nitrogen and oxygen atoms in total. The molecule has 1 heterocycles. The summed E-state index contributed by atoms with van der Waals surface area (Å²) >= 11 is 6.20. The number of aromatic nitrogens is 1. The summed E-state index contributed by atoms with van der Waals surface area (Å²) in [7, 11) is 0. The number of fused-ring (bicyclic) bond motifs is 3. The maximum atomic E-state index is 14.4. The fourth-order valence-corrected chi connectivity index (χ4v) is 8.29. The van der Waals surface area contributed by atoms with Crippen LogP contribution in [0, 0.1) is 17.7 Å². The molecule has 3 aromatic rings. The molecule has 42 heavy (non-hydrogen) atoms. The normalized spacial score (nSPS) is 27.2. The highest BCUT2D eigenvalue weighted by atomic mass is 35.5. The first-order chi connectivity index (χ1) is 20.2. The van der Waals surface area contributed by atoms with E-state index in [2.05, 4.69) is 24.1 Å². The van der Waals surface area contributed by atoms with E-state index in [4.69, 9.17) is 16.3 Å². The first-order valence-electron chi connectivity index (χ1n) is 15.4. The highest BCUT2D eigenvalue weighted by Crippen LogP contribution is 2.56. The van der Waals surface area contributed by atoms with Crippen molar-refractivity contribution >= 4 is 23.3 Å². The van der Waals surface area contributed by atoms with E-state index in [0.717, 1.165) is 49.8 Å². The molecule has 1 saturated carbocycles. The number of nitrogens with zero attached hydrogens (tertiary/aromatic N) is 1. The van der Waals surface area contributed by atoms with Crippen molar-refractivity contribution in [3.05, 3.63) is 88.0 Å². The van der Waals surface area contributed by atoms with Crippen LogP contribution < -0.4 is 10.1 Å². The van der Waals surface area contributed by atoms with Gasteiger partial charge in [0, 0.05) is 28.2 Å². The van der Waals surface area contributed by atoms with E-state index in [1.54, 1.807) is 24.3 Å². The molecule has 0 aliphatic heterocycles. The Kier molecular flexibility index (Phi) is 7.95. The average molecular weight is 591 g/mol. The van der Waals surface area contributed by atoms with Crippen LogP contribution in [0.25, 0.3) is 0 Å². The standard InChI is InChI=1S/C35H40ClFN2O3/c1-22(21-42-31-11-16-38-30-8-3-5-23(2)32(30)31)17-25-18-24-19-27(37)9-10-29(24)34(25)12-14-35(15-13-34,33(40)41)39-28-7-4-6-26(36)20-28/h4,6-7,9-11,16,19-20,22-23,25,39H,3,5,8,12-15,17-18,21H2,1-2H3,(H,40,41)/t22-,23-,25+,34?,35?/m1/s1. The third kappa shape index (κ3) is 5.39. The monoisotopic (exact) mass is 590 g/mol. The summed E-state index contributed by atoms with van der Waals surface area (Å²) in [5.74, 6) is 0.924. The lowest BCUT2D eigenvalue weighted by atomic mass is 9.59. The van der Waals surface area contributed by atoms with Gasteiger partial charge in [-0.05, 0) is 128 Å². The number of halogens is 2. The van der Waals surface area contributed by atoms with Crippen molar-refractivity contribution < 1.29 is 19.0 Å². The Balaban J connectivity index is 1.21. The summed E-state index contributed by atoms with van der Waals surface area (Å²) in [5, 5.41) is 14.3. The second-order valence-corrected chi connectivity index (χ2v) is 13.4. The third-order valence-corrected chi connectivity index (χ3v) is 10.5. The summed E-state index contributed by atoms with van der Waals surface area (Å²) in [5.41, 5.74) is 4.15. The zero-order valence-electron chi connectivity index (χ0n) is 24.5. The van der Waals surface area contributed by atoms with E-state index in [0.29, 0.717) is 36.1 Å². The summed E-state index contributed by atoms with van der Waals surface area (Å²) < 4.78 is 20.8. The predicted molar refractivity (Wildman–Crippen MR) is 164 cm³/mol. The highest BCUT2D eigenvalue weighted by molar-refractivity contribution is 6.30. The number of nitrogens with one attached hydrogen (secondary N) is 1. The number of ether oxygens (including phenoxy) is 1. The van der Waals surface area contributed by atoms with Crippen molar-refractivity contribution in [3.63, 3.8) is 0 Å². The molecule has 1 fully saturated rings. The number of aliphatic carboxylic acids is 1. The summed E-state index contributed by atoms with van der Waals surface area (Å²) in [6.45, 7) is 5.10. The van der Waals surface area contributed by atoms with Crippen LogP contribution in [0.15, 0.2) is 54.7 Å². The molecule has 0 bridgehead atoms. The third-order valence-electron chi connectivity index (χ3n) is 10.3. The molecule has 0 radical (unpaired) electrons. The van der Waals surface area contributed by atoms with Crippen molar-refractivity contribution in [1.82, 2.24) is 4.98 Å². The van der Waals surface area contributed by atoms with E-state index in [-0.39, 0.29) is 23.1 Å². The van der Waals surface area contributed by atoms with Crippen LogP contribution in [0.1, 0.15) is 87.1 Å². The van der Waals surface area contributed by atoms with Gasteiger partial charge in [-0.2, -0.15) is 0 Å². The molecule has 2 N–H and O–H groups in total. The molecule has 2 aromatic carbocycles. The Morgan fingerprint density at radius 3 is 2.76 bits per heavy atom. The van der Waals surface area contributed by atoms with Crippen molar-refractivity contribution in [1.29, 1.82) is 0 Å². The second-order valence-electron chi connectivity index (χ2n) is 13.0. The molecular formula is C35H40ClFN2O3. The Bertz CT molecular complexity index is 1470. The van der Waals surface area contributed by atoms with Gasteiger partial charge in [0.05, 0.1) is 6.61 Å². The van der Waals surface area contributed by atoms with E-state index in [9.17, 15) is 14.3 Å². The van der Waals surface area contributed by atoms with Crippen LogP contribution in [0.4, 0.5) is 10.1 Å². The first kappa shape index (κ1) is 29.0. The minimum Gasteiger partial charge on any atom is -0.493 e. The number of carbonyl (C=O) groups is 1. The fourth-order valence-electron chi connectivity index (χ4n) is 8.10. The van der Waals surface area contributed by atoms with Gasteiger partial charge in [0.15, 0.2) is 0 Å². The van der Waals surface area contributed by atoms with Crippen molar-refractivity contribution in [2.45, 2.75) is 88.5 Å². The van der Waals surface area contributed by atoms with E-state index in [1.165, 1.54) is 23.2 Å². The molecule has 1 aromatic heterocycles. The van der Waals surface area contributed by atoms with Crippen LogP contribution in [0.2, 0.25) is 5.02 Å². The first-order valence-corrected chi connectivity index (χ1v) is 15.7. The number of hydrogen-bond donors (Lipinski definition) is 2. The van der Waals surface area contributed by atoms with Crippen LogP contribution in [-0.4, -0.2) is 28.2 Å². The molecule has 3 aliphatic rings. The quantitative estimate of drug-likeness (QED) is 0.276. The minimum atomic E-state index is -1.07. The SMILES string of the molecule is C[C@@H](COc1ccnc2c1[C@H](C)CCC2)C[C@H]1Cc2cc(F)ccc2C12CCC(Nc1cccc(Cl)c1)(C(=O)O)CC2. The fraction of sp³-hybridized carbons (Fsp3) is 0.486. The molecule has 3 atom stereocenters. The lowest BCUT2D eigenvalue weighted by molar-refractivity contribution is -0.144. The van der Waals surface area contributed by atoms with Crippen LogP contribution >= 0.6 is 11.6 Å². The average Bonchev–Trinajstić information content (AvgIpc) is 3.24. The molecule has 0 amide bonds. The van der Waals surface area contributed by atoms with Gasteiger partial charge in [-0.3, -0.25) is 4.98 Å².